The van der Waals surface area contributed by atoms with Gasteiger partial charge in [-0.1, -0.05) is 47.5 Å². The number of thioether (sulfide) groups is 1. The van der Waals surface area contributed by atoms with Crippen molar-refractivity contribution in [3.63, 3.8) is 0 Å². The first-order chi connectivity index (χ1) is 17.0. The van der Waals surface area contributed by atoms with Crippen LogP contribution in [0.5, 0.6) is 5.75 Å². The number of halogens is 1. The number of rotatable bonds is 7. The minimum Gasteiger partial charge on any atom is -0.494 e. The minimum atomic E-state index is -0.328. The zero-order valence-electron chi connectivity index (χ0n) is 19.1. The Morgan fingerprint density at radius 2 is 1.71 bits per heavy atom. The van der Waals surface area contributed by atoms with E-state index in [4.69, 9.17) is 16.3 Å². The Kier molecular flexibility index (Phi) is 6.66. The Morgan fingerprint density at radius 1 is 0.971 bits per heavy atom. The summed E-state index contributed by atoms with van der Waals surface area (Å²) in [7, 11) is 0. The van der Waals surface area contributed by atoms with Gasteiger partial charge in [0.15, 0.2) is 0 Å². The molecule has 5 nitrogen and oxygen atoms in total. The van der Waals surface area contributed by atoms with Gasteiger partial charge in [0, 0.05) is 34.2 Å². The summed E-state index contributed by atoms with van der Waals surface area (Å²) in [6, 6.07) is 22.8. The molecule has 0 radical (unpaired) electrons. The van der Waals surface area contributed by atoms with Crippen molar-refractivity contribution in [3.8, 4) is 5.75 Å². The number of para-hydroxylation sites is 1. The number of amides is 2. The quantitative estimate of drug-likeness (QED) is 0.196. The maximum Gasteiger partial charge on any atom is 0.298 e. The number of ether oxygens (including phenoxy) is 1. The van der Waals surface area contributed by atoms with Crippen molar-refractivity contribution in [2.24, 2.45) is 0 Å². The van der Waals surface area contributed by atoms with Crippen molar-refractivity contribution < 1.29 is 14.3 Å². The highest BCUT2D eigenvalue weighted by Gasteiger charge is 2.36. The van der Waals surface area contributed by atoms with Gasteiger partial charge in [-0.3, -0.25) is 9.59 Å². The van der Waals surface area contributed by atoms with E-state index in [0.717, 1.165) is 46.9 Å². The van der Waals surface area contributed by atoms with E-state index in [1.165, 1.54) is 10.5 Å². The summed E-state index contributed by atoms with van der Waals surface area (Å²) in [4.78, 5) is 27.3. The third-order valence-electron chi connectivity index (χ3n) is 5.82. The number of benzene rings is 3. The van der Waals surface area contributed by atoms with Crippen LogP contribution in [0.1, 0.15) is 17.5 Å². The van der Waals surface area contributed by atoms with Crippen molar-refractivity contribution in [3.05, 3.63) is 100 Å². The van der Waals surface area contributed by atoms with Crippen LogP contribution < -0.4 is 9.64 Å². The molecule has 0 unspecified atom stereocenters. The van der Waals surface area contributed by atoms with E-state index in [0.29, 0.717) is 22.2 Å². The molecule has 1 aromatic heterocycles. The van der Waals surface area contributed by atoms with Crippen LogP contribution >= 0.6 is 23.4 Å². The number of carbonyl (C=O) groups excluding carboxylic acids is 2. The lowest BCUT2D eigenvalue weighted by molar-refractivity contribution is -0.113. The van der Waals surface area contributed by atoms with E-state index in [-0.39, 0.29) is 11.1 Å². The molecule has 5 rings (SSSR count). The van der Waals surface area contributed by atoms with Gasteiger partial charge in [0.25, 0.3) is 11.1 Å². The van der Waals surface area contributed by atoms with Crippen molar-refractivity contribution in [2.45, 2.75) is 19.9 Å². The smallest absolute Gasteiger partial charge is 0.298 e. The van der Waals surface area contributed by atoms with Gasteiger partial charge >= 0.3 is 0 Å². The van der Waals surface area contributed by atoms with Crippen molar-refractivity contribution in [1.29, 1.82) is 0 Å². The molecule has 2 heterocycles. The van der Waals surface area contributed by atoms with Gasteiger partial charge in [-0.15, -0.1) is 0 Å². The Labute approximate surface area is 212 Å². The number of anilines is 1. The SMILES string of the molecule is Cc1ccc(OCCCn2cc(/C=C3\SC(=O)N(c4ccc(Cl)cc4)C3=O)c3ccccc32)cc1. The minimum absolute atomic E-state index is 0.319. The summed E-state index contributed by atoms with van der Waals surface area (Å²) in [6.07, 6.45) is 4.67. The Hall–Kier alpha value is -3.48. The molecule has 0 saturated carbocycles. The largest absolute Gasteiger partial charge is 0.494 e. The summed E-state index contributed by atoms with van der Waals surface area (Å²) in [5.41, 5.74) is 3.69. The fraction of sp³-hybridized carbons (Fsp3) is 0.143. The summed E-state index contributed by atoms with van der Waals surface area (Å²) >= 11 is 6.90. The van der Waals surface area contributed by atoms with Crippen LogP contribution in [0.25, 0.3) is 17.0 Å². The molecule has 0 atom stereocenters. The molecule has 2 amide bonds. The topological polar surface area (TPSA) is 51.5 Å². The molecule has 0 bridgehead atoms. The summed E-state index contributed by atoms with van der Waals surface area (Å²) < 4.78 is 8.04. The molecular formula is C28H23ClN2O3S. The van der Waals surface area contributed by atoms with Crippen LogP contribution in [-0.4, -0.2) is 22.3 Å². The zero-order valence-corrected chi connectivity index (χ0v) is 20.7. The highest BCUT2D eigenvalue weighted by molar-refractivity contribution is 8.19. The van der Waals surface area contributed by atoms with Crippen LogP contribution in [0.2, 0.25) is 5.02 Å². The molecule has 0 N–H and O–H groups in total. The molecular weight excluding hydrogens is 480 g/mol. The lowest BCUT2D eigenvalue weighted by Crippen LogP contribution is -2.27. The number of imide groups is 1. The van der Waals surface area contributed by atoms with Crippen LogP contribution in [-0.2, 0) is 11.3 Å². The first kappa shape index (κ1) is 23.3. The number of hydrogen-bond donors (Lipinski definition) is 0. The average molecular weight is 503 g/mol. The van der Waals surface area contributed by atoms with Crippen LogP contribution in [0.15, 0.2) is 83.9 Å². The molecule has 7 heteroatoms. The van der Waals surface area contributed by atoms with Gasteiger partial charge in [-0.25, -0.2) is 4.90 Å². The molecule has 1 aliphatic rings. The number of aromatic nitrogens is 1. The van der Waals surface area contributed by atoms with Gasteiger partial charge in [0.05, 0.1) is 17.2 Å². The van der Waals surface area contributed by atoms with Gasteiger partial charge in [0.1, 0.15) is 5.75 Å². The molecule has 1 aliphatic heterocycles. The molecule has 1 fully saturated rings. The fourth-order valence-corrected chi connectivity index (χ4v) is 5.01. The molecule has 3 aromatic carbocycles. The van der Waals surface area contributed by atoms with E-state index in [2.05, 4.69) is 17.6 Å². The van der Waals surface area contributed by atoms with Crippen LogP contribution in [0.4, 0.5) is 10.5 Å². The van der Waals surface area contributed by atoms with E-state index in [1.807, 2.05) is 54.7 Å². The van der Waals surface area contributed by atoms with E-state index >= 15 is 0 Å². The van der Waals surface area contributed by atoms with Gasteiger partial charge in [-0.2, -0.15) is 0 Å². The summed E-state index contributed by atoms with van der Waals surface area (Å²) in [5.74, 6) is 0.538. The summed E-state index contributed by atoms with van der Waals surface area (Å²) in [6.45, 7) is 3.42. The number of carbonyl (C=O) groups is 2. The zero-order chi connectivity index (χ0) is 24.4. The maximum atomic E-state index is 13.1. The lowest BCUT2D eigenvalue weighted by Gasteiger charge is -2.12. The molecule has 0 spiro atoms. The second-order valence-corrected chi connectivity index (χ2v) is 9.73. The van der Waals surface area contributed by atoms with Crippen molar-refractivity contribution in [2.75, 3.05) is 11.5 Å². The van der Waals surface area contributed by atoms with Gasteiger partial charge in [-0.05, 0) is 73.6 Å². The highest BCUT2D eigenvalue weighted by Crippen LogP contribution is 2.37. The third kappa shape index (κ3) is 4.99. The fourth-order valence-electron chi connectivity index (χ4n) is 4.06. The monoisotopic (exact) mass is 502 g/mol. The highest BCUT2D eigenvalue weighted by atomic mass is 35.5. The lowest BCUT2D eigenvalue weighted by atomic mass is 10.1. The maximum absolute atomic E-state index is 13.1. The predicted molar refractivity (Wildman–Crippen MR) is 143 cm³/mol. The first-order valence-corrected chi connectivity index (χ1v) is 12.5. The van der Waals surface area contributed by atoms with E-state index in [1.54, 1.807) is 24.3 Å². The van der Waals surface area contributed by atoms with E-state index < -0.39 is 0 Å². The Morgan fingerprint density at radius 3 is 2.49 bits per heavy atom. The second kappa shape index (κ2) is 10.0. The summed E-state index contributed by atoms with van der Waals surface area (Å²) in [5, 5.41) is 1.26. The third-order valence-corrected chi connectivity index (χ3v) is 6.94. The van der Waals surface area contributed by atoms with Gasteiger partial charge in [0.2, 0.25) is 0 Å². The number of aryl methyl sites for hydroxylation is 2. The molecule has 35 heavy (non-hydrogen) atoms. The standard InChI is InChI=1S/C28H23ClN2O3S/c1-19-7-13-23(14-8-19)34-16-4-15-30-18-20(24-5-2-3-6-25(24)30)17-26-27(32)31(28(33)35-26)22-11-9-21(29)10-12-22/h2-3,5-14,17-18H,4,15-16H2,1H3/b26-17-. The normalized spacial score (nSPS) is 14.9. The first-order valence-electron chi connectivity index (χ1n) is 11.3. The van der Waals surface area contributed by atoms with Crippen LogP contribution in [0, 0.1) is 6.92 Å². The van der Waals surface area contributed by atoms with Crippen molar-refractivity contribution in [1.82, 2.24) is 4.57 Å². The molecule has 4 aromatic rings. The Balaban J connectivity index is 1.34. The van der Waals surface area contributed by atoms with Crippen molar-refractivity contribution >= 4 is 57.2 Å². The number of hydrogen-bond acceptors (Lipinski definition) is 4. The Bertz CT molecular complexity index is 1430. The predicted octanol–water partition coefficient (Wildman–Crippen LogP) is 7.31. The van der Waals surface area contributed by atoms with Crippen LogP contribution in [0.3, 0.4) is 0 Å². The number of fused-ring (bicyclic) bond motifs is 1. The average Bonchev–Trinajstić information content (AvgIpc) is 3.35. The van der Waals surface area contributed by atoms with Gasteiger partial charge < -0.3 is 9.30 Å². The second-order valence-electron chi connectivity index (χ2n) is 8.30. The number of nitrogens with zero attached hydrogens (tertiary/aromatic N) is 2. The van der Waals surface area contributed by atoms with E-state index in [9.17, 15) is 9.59 Å². The molecule has 1 saturated heterocycles. The molecule has 176 valence electrons. The molecule has 0 aliphatic carbocycles.